The van der Waals surface area contributed by atoms with Crippen molar-refractivity contribution >= 4 is 5.97 Å². The van der Waals surface area contributed by atoms with Crippen LogP contribution < -0.4 is 0 Å². The van der Waals surface area contributed by atoms with Gasteiger partial charge in [-0.2, -0.15) is 0 Å². The van der Waals surface area contributed by atoms with Crippen molar-refractivity contribution in [2.45, 2.75) is 33.8 Å². The van der Waals surface area contributed by atoms with Crippen LogP contribution in [0.5, 0.6) is 0 Å². The van der Waals surface area contributed by atoms with Gasteiger partial charge in [0.1, 0.15) is 5.82 Å². The Morgan fingerprint density at radius 1 is 1.24 bits per heavy atom. The number of carbonyl (C=O) groups is 1. The van der Waals surface area contributed by atoms with Gasteiger partial charge in [-0.1, -0.05) is 6.92 Å². The van der Waals surface area contributed by atoms with E-state index < -0.39 is 0 Å². The molecule has 0 saturated heterocycles. The quantitative estimate of drug-likeness (QED) is 0.668. The average Bonchev–Trinajstić information content (AvgIpc) is 3.12. The van der Waals surface area contributed by atoms with E-state index >= 15 is 0 Å². The molecule has 3 rings (SSSR count). The number of nitrogens with zero attached hydrogens (tertiary/aromatic N) is 5. The Morgan fingerprint density at radius 3 is 2.64 bits per heavy atom. The van der Waals surface area contributed by atoms with Crippen LogP contribution in [0.4, 0.5) is 0 Å². The minimum atomic E-state index is -0.371. The molecule has 25 heavy (non-hydrogen) atoms. The molecule has 0 spiro atoms. The SMILES string of the molecule is CCc1nnc(COC(=O)c2cc(C)n(-c3cccnc3)c2C)n1C. The van der Waals surface area contributed by atoms with E-state index in [0.29, 0.717) is 11.4 Å². The minimum Gasteiger partial charge on any atom is -0.454 e. The molecule has 0 fully saturated rings. The molecule has 0 saturated carbocycles. The first kappa shape index (κ1) is 16.9. The minimum absolute atomic E-state index is 0.0961. The lowest BCUT2D eigenvalue weighted by Crippen LogP contribution is -2.10. The third kappa shape index (κ3) is 3.17. The van der Waals surface area contributed by atoms with Gasteiger partial charge in [-0.05, 0) is 32.0 Å². The van der Waals surface area contributed by atoms with Crippen LogP contribution in [0.3, 0.4) is 0 Å². The summed E-state index contributed by atoms with van der Waals surface area (Å²) in [5, 5.41) is 8.14. The van der Waals surface area contributed by atoms with Crippen molar-refractivity contribution < 1.29 is 9.53 Å². The summed E-state index contributed by atoms with van der Waals surface area (Å²) in [6, 6.07) is 5.65. The number of rotatable bonds is 5. The van der Waals surface area contributed by atoms with E-state index in [1.54, 1.807) is 12.4 Å². The molecule has 3 heterocycles. The maximum atomic E-state index is 12.5. The molecule has 0 amide bonds. The molecular weight excluding hydrogens is 318 g/mol. The van der Waals surface area contributed by atoms with E-state index in [1.807, 2.05) is 55.2 Å². The molecule has 0 aromatic carbocycles. The Hall–Kier alpha value is -2.96. The van der Waals surface area contributed by atoms with Crippen LogP contribution in [-0.4, -0.2) is 30.3 Å². The van der Waals surface area contributed by atoms with Gasteiger partial charge < -0.3 is 13.9 Å². The zero-order valence-electron chi connectivity index (χ0n) is 14.9. The summed E-state index contributed by atoms with van der Waals surface area (Å²) in [4.78, 5) is 16.7. The van der Waals surface area contributed by atoms with Crippen LogP contribution >= 0.6 is 0 Å². The van der Waals surface area contributed by atoms with Gasteiger partial charge in [0.25, 0.3) is 0 Å². The van der Waals surface area contributed by atoms with Crippen molar-refractivity contribution in [2.24, 2.45) is 7.05 Å². The standard InChI is InChI=1S/C18H21N5O2/c1-5-16-20-21-17(22(16)4)11-25-18(24)15-9-12(2)23(13(15)3)14-7-6-8-19-10-14/h6-10H,5,11H2,1-4H3. The normalized spacial score (nSPS) is 10.9. The second-order valence-electron chi connectivity index (χ2n) is 5.85. The Balaban J connectivity index is 1.80. The highest BCUT2D eigenvalue weighted by Crippen LogP contribution is 2.21. The number of carbonyl (C=O) groups excluding carboxylic acids is 1. The zero-order chi connectivity index (χ0) is 18.0. The molecule has 0 atom stereocenters. The van der Waals surface area contributed by atoms with E-state index in [4.69, 9.17) is 4.74 Å². The van der Waals surface area contributed by atoms with E-state index in [-0.39, 0.29) is 12.6 Å². The van der Waals surface area contributed by atoms with Crippen LogP contribution in [0.2, 0.25) is 0 Å². The van der Waals surface area contributed by atoms with Crippen LogP contribution in [0.25, 0.3) is 5.69 Å². The average molecular weight is 339 g/mol. The highest BCUT2D eigenvalue weighted by molar-refractivity contribution is 5.91. The third-order valence-electron chi connectivity index (χ3n) is 4.26. The van der Waals surface area contributed by atoms with Gasteiger partial charge in [-0.25, -0.2) is 4.79 Å². The molecule has 3 aromatic heterocycles. The van der Waals surface area contributed by atoms with Gasteiger partial charge >= 0.3 is 5.97 Å². The highest BCUT2D eigenvalue weighted by atomic mass is 16.5. The summed E-state index contributed by atoms with van der Waals surface area (Å²) in [6.45, 7) is 5.95. The van der Waals surface area contributed by atoms with Crippen molar-refractivity contribution in [1.82, 2.24) is 24.3 Å². The van der Waals surface area contributed by atoms with Gasteiger partial charge in [0.15, 0.2) is 12.4 Å². The fraction of sp³-hybridized carbons (Fsp3) is 0.333. The van der Waals surface area contributed by atoms with Gasteiger partial charge in [-0.3, -0.25) is 4.98 Å². The predicted octanol–water partition coefficient (Wildman–Crippen LogP) is 2.54. The van der Waals surface area contributed by atoms with Gasteiger partial charge in [-0.15, -0.1) is 10.2 Å². The van der Waals surface area contributed by atoms with Crippen LogP contribution in [-0.2, 0) is 24.8 Å². The fourth-order valence-corrected chi connectivity index (χ4v) is 2.89. The number of hydrogen-bond acceptors (Lipinski definition) is 5. The molecule has 0 radical (unpaired) electrons. The van der Waals surface area contributed by atoms with Crippen molar-refractivity contribution in [3.05, 3.63) is 59.2 Å². The van der Waals surface area contributed by atoms with Gasteiger partial charge in [0, 0.05) is 31.1 Å². The molecule has 7 nitrogen and oxygen atoms in total. The molecule has 0 aliphatic rings. The first-order valence-corrected chi connectivity index (χ1v) is 8.16. The number of esters is 1. The van der Waals surface area contributed by atoms with E-state index in [0.717, 1.165) is 29.3 Å². The highest BCUT2D eigenvalue weighted by Gasteiger charge is 2.19. The first-order chi connectivity index (χ1) is 12.0. The smallest absolute Gasteiger partial charge is 0.340 e. The fourth-order valence-electron chi connectivity index (χ4n) is 2.89. The van der Waals surface area contributed by atoms with Crippen molar-refractivity contribution in [3.63, 3.8) is 0 Å². The number of aromatic nitrogens is 5. The summed E-state index contributed by atoms with van der Waals surface area (Å²) in [7, 11) is 1.87. The number of ether oxygens (including phenoxy) is 1. The van der Waals surface area contributed by atoms with E-state index in [2.05, 4.69) is 15.2 Å². The summed E-state index contributed by atoms with van der Waals surface area (Å²) < 4.78 is 9.29. The molecule has 0 N–H and O–H groups in total. The van der Waals surface area contributed by atoms with Crippen LogP contribution in [0, 0.1) is 13.8 Å². The Bertz CT molecular complexity index is 896. The maximum Gasteiger partial charge on any atom is 0.340 e. The molecule has 0 bridgehead atoms. The number of aryl methyl sites for hydroxylation is 2. The van der Waals surface area contributed by atoms with E-state index in [1.165, 1.54) is 0 Å². The summed E-state index contributed by atoms with van der Waals surface area (Å²) in [5.41, 5.74) is 3.23. The zero-order valence-corrected chi connectivity index (χ0v) is 14.9. The molecule has 130 valence electrons. The lowest BCUT2D eigenvalue weighted by Gasteiger charge is -2.09. The number of pyridine rings is 1. The summed E-state index contributed by atoms with van der Waals surface area (Å²) in [5.74, 6) is 1.12. The molecule has 3 aromatic rings. The molecule has 7 heteroatoms. The van der Waals surface area contributed by atoms with Crippen LogP contribution in [0.15, 0.2) is 30.6 Å². The molecular formula is C18H21N5O2. The second-order valence-corrected chi connectivity index (χ2v) is 5.85. The van der Waals surface area contributed by atoms with Gasteiger partial charge in [0.2, 0.25) is 0 Å². The predicted molar refractivity (Wildman–Crippen MR) is 92.5 cm³/mol. The Labute approximate surface area is 146 Å². The first-order valence-electron chi connectivity index (χ1n) is 8.16. The largest absolute Gasteiger partial charge is 0.454 e. The van der Waals surface area contributed by atoms with Crippen LogP contribution in [0.1, 0.15) is 40.3 Å². The van der Waals surface area contributed by atoms with Crippen molar-refractivity contribution in [3.8, 4) is 5.69 Å². The monoisotopic (exact) mass is 339 g/mol. The molecule has 0 unspecified atom stereocenters. The van der Waals surface area contributed by atoms with Crippen molar-refractivity contribution in [1.29, 1.82) is 0 Å². The maximum absolute atomic E-state index is 12.5. The second kappa shape index (κ2) is 6.88. The lowest BCUT2D eigenvalue weighted by molar-refractivity contribution is 0.0458. The van der Waals surface area contributed by atoms with Gasteiger partial charge in [0.05, 0.1) is 17.4 Å². The lowest BCUT2D eigenvalue weighted by atomic mass is 10.2. The molecule has 0 aliphatic heterocycles. The summed E-state index contributed by atoms with van der Waals surface area (Å²) in [6.07, 6.45) is 4.27. The Morgan fingerprint density at radius 2 is 2.00 bits per heavy atom. The summed E-state index contributed by atoms with van der Waals surface area (Å²) >= 11 is 0. The molecule has 0 aliphatic carbocycles. The Kier molecular flexibility index (Phi) is 4.65. The third-order valence-corrected chi connectivity index (χ3v) is 4.26. The topological polar surface area (TPSA) is 74.8 Å². The number of hydrogen-bond donors (Lipinski definition) is 0. The van der Waals surface area contributed by atoms with Crippen molar-refractivity contribution in [2.75, 3.05) is 0 Å². The van der Waals surface area contributed by atoms with E-state index in [9.17, 15) is 4.79 Å².